The summed E-state index contributed by atoms with van der Waals surface area (Å²) in [6.07, 6.45) is 3.91. The van der Waals surface area contributed by atoms with Crippen LogP contribution in [0.5, 0.6) is 0 Å². The van der Waals surface area contributed by atoms with Crippen LogP contribution < -0.4 is 15.5 Å². The summed E-state index contributed by atoms with van der Waals surface area (Å²) in [7, 11) is 0. The van der Waals surface area contributed by atoms with Crippen molar-refractivity contribution >= 4 is 17.6 Å². The minimum absolute atomic E-state index is 0.0585. The van der Waals surface area contributed by atoms with Gasteiger partial charge in [0.25, 0.3) is 0 Å². The number of carbonyl (C=O) groups is 2. The molecule has 25 heavy (non-hydrogen) atoms. The van der Waals surface area contributed by atoms with Gasteiger partial charge in [-0.1, -0.05) is 17.7 Å². The van der Waals surface area contributed by atoms with Gasteiger partial charge in [0.2, 0.25) is 5.91 Å². The lowest BCUT2D eigenvalue weighted by molar-refractivity contribution is -0.117. The van der Waals surface area contributed by atoms with Gasteiger partial charge in [-0.3, -0.25) is 4.79 Å². The zero-order valence-electron chi connectivity index (χ0n) is 15.0. The third-order valence-corrected chi connectivity index (χ3v) is 4.94. The molecule has 6 nitrogen and oxygen atoms in total. The zero-order chi connectivity index (χ0) is 17.6. The number of hydrogen-bond acceptors (Lipinski definition) is 3. The average Bonchev–Trinajstić information content (AvgIpc) is 3.22. The molecule has 2 heterocycles. The number of carbonyl (C=O) groups excluding carboxylic acids is 2. The fraction of sp³-hybridized carbons (Fsp3) is 0.579. The molecule has 1 aromatic carbocycles. The van der Waals surface area contributed by atoms with E-state index in [0.717, 1.165) is 18.7 Å². The van der Waals surface area contributed by atoms with Gasteiger partial charge >= 0.3 is 6.03 Å². The van der Waals surface area contributed by atoms with Gasteiger partial charge < -0.3 is 20.4 Å². The molecule has 0 aliphatic carbocycles. The zero-order valence-corrected chi connectivity index (χ0v) is 15.0. The molecule has 136 valence electrons. The van der Waals surface area contributed by atoms with Crippen LogP contribution in [0.25, 0.3) is 0 Å². The first-order valence-electron chi connectivity index (χ1n) is 9.25. The van der Waals surface area contributed by atoms with E-state index in [9.17, 15) is 9.59 Å². The predicted octanol–water partition coefficient (Wildman–Crippen LogP) is 1.89. The van der Waals surface area contributed by atoms with Gasteiger partial charge in [-0.15, -0.1) is 0 Å². The highest BCUT2D eigenvalue weighted by atomic mass is 16.2. The van der Waals surface area contributed by atoms with Crippen LogP contribution in [-0.2, 0) is 4.79 Å². The molecular formula is C19H28N4O2. The number of amides is 3. The summed E-state index contributed by atoms with van der Waals surface area (Å²) >= 11 is 0. The molecule has 0 spiro atoms. The lowest BCUT2D eigenvalue weighted by atomic mass is 10.2. The minimum Gasteiger partial charge on any atom is -0.338 e. The Balaban J connectivity index is 1.38. The number of urea groups is 1. The Morgan fingerprint density at radius 1 is 1.20 bits per heavy atom. The summed E-state index contributed by atoms with van der Waals surface area (Å²) in [5, 5.41) is 5.83. The van der Waals surface area contributed by atoms with E-state index < -0.39 is 0 Å². The first-order valence-corrected chi connectivity index (χ1v) is 9.25. The molecule has 3 amide bonds. The second kappa shape index (κ2) is 8.34. The molecular weight excluding hydrogens is 316 g/mol. The van der Waals surface area contributed by atoms with E-state index in [-0.39, 0.29) is 18.0 Å². The van der Waals surface area contributed by atoms with E-state index in [1.165, 1.54) is 31.5 Å². The van der Waals surface area contributed by atoms with Gasteiger partial charge in [0.15, 0.2) is 0 Å². The van der Waals surface area contributed by atoms with Crippen molar-refractivity contribution < 1.29 is 9.59 Å². The SMILES string of the molecule is Cc1ccc(N2CC(NC(=O)NCCCN3CCCC3)CC2=O)cc1. The van der Waals surface area contributed by atoms with Gasteiger partial charge in [-0.2, -0.15) is 0 Å². The monoisotopic (exact) mass is 344 g/mol. The third kappa shape index (κ3) is 4.95. The molecule has 0 saturated carbocycles. The number of nitrogens with zero attached hydrogens (tertiary/aromatic N) is 2. The smallest absolute Gasteiger partial charge is 0.315 e. The van der Waals surface area contributed by atoms with Crippen molar-refractivity contribution in [3.8, 4) is 0 Å². The van der Waals surface area contributed by atoms with Crippen LogP contribution in [0.2, 0.25) is 0 Å². The molecule has 3 rings (SSSR count). The number of anilines is 1. The van der Waals surface area contributed by atoms with Crippen LogP contribution in [0.3, 0.4) is 0 Å². The average molecular weight is 344 g/mol. The van der Waals surface area contributed by atoms with E-state index in [4.69, 9.17) is 0 Å². The maximum atomic E-state index is 12.2. The fourth-order valence-corrected chi connectivity index (χ4v) is 3.53. The Kier molecular flexibility index (Phi) is 5.91. The molecule has 6 heteroatoms. The summed E-state index contributed by atoms with van der Waals surface area (Å²) in [5.41, 5.74) is 2.06. The maximum absolute atomic E-state index is 12.2. The number of likely N-dealkylation sites (tertiary alicyclic amines) is 1. The summed E-state index contributed by atoms with van der Waals surface area (Å²) in [6, 6.07) is 7.59. The Morgan fingerprint density at radius 3 is 2.64 bits per heavy atom. The molecule has 2 fully saturated rings. The van der Waals surface area contributed by atoms with Crippen LogP contribution in [0.4, 0.5) is 10.5 Å². The minimum atomic E-state index is -0.176. The number of nitrogens with one attached hydrogen (secondary N) is 2. The van der Waals surface area contributed by atoms with Crippen LogP contribution in [0.15, 0.2) is 24.3 Å². The number of benzene rings is 1. The molecule has 2 aliphatic heterocycles. The van der Waals surface area contributed by atoms with Crippen LogP contribution in [-0.4, -0.2) is 55.6 Å². The van der Waals surface area contributed by atoms with Gasteiger partial charge in [0.05, 0.1) is 6.04 Å². The second-order valence-electron chi connectivity index (χ2n) is 7.04. The standard InChI is InChI=1S/C19H28N4O2/c1-15-5-7-17(8-6-15)23-14-16(13-18(23)24)21-19(25)20-9-4-12-22-10-2-3-11-22/h5-8,16H,2-4,9-14H2,1H3,(H2,20,21,25). The van der Waals surface area contributed by atoms with Crippen molar-refractivity contribution in [1.29, 1.82) is 0 Å². The first-order chi connectivity index (χ1) is 12.1. The summed E-state index contributed by atoms with van der Waals surface area (Å²) in [6.45, 7) is 6.64. The lowest BCUT2D eigenvalue weighted by Crippen LogP contribution is -2.44. The van der Waals surface area contributed by atoms with Gasteiger partial charge in [0, 0.05) is 25.2 Å². The van der Waals surface area contributed by atoms with Crippen molar-refractivity contribution in [3.63, 3.8) is 0 Å². The predicted molar refractivity (Wildman–Crippen MR) is 98.8 cm³/mol. The summed E-state index contributed by atoms with van der Waals surface area (Å²) in [5.74, 6) is 0.0585. The van der Waals surface area contributed by atoms with Crippen LogP contribution in [0.1, 0.15) is 31.2 Å². The van der Waals surface area contributed by atoms with Crippen LogP contribution >= 0.6 is 0 Å². The highest BCUT2D eigenvalue weighted by Crippen LogP contribution is 2.21. The molecule has 0 aromatic heterocycles. The van der Waals surface area contributed by atoms with Crippen molar-refractivity contribution in [2.45, 2.75) is 38.6 Å². The Labute approximate surface area is 149 Å². The van der Waals surface area contributed by atoms with Gasteiger partial charge in [-0.25, -0.2) is 4.79 Å². The largest absolute Gasteiger partial charge is 0.338 e. The highest BCUT2D eigenvalue weighted by Gasteiger charge is 2.31. The second-order valence-corrected chi connectivity index (χ2v) is 7.04. The van der Waals surface area contributed by atoms with E-state index in [1.807, 2.05) is 31.2 Å². The van der Waals surface area contributed by atoms with Crippen LogP contribution in [0, 0.1) is 6.92 Å². The fourth-order valence-electron chi connectivity index (χ4n) is 3.53. The van der Waals surface area contributed by atoms with E-state index in [0.29, 0.717) is 19.5 Å². The highest BCUT2D eigenvalue weighted by molar-refractivity contribution is 5.96. The van der Waals surface area contributed by atoms with Crippen molar-refractivity contribution in [3.05, 3.63) is 29.8 Å². The normalized spacial score (nSPS) is 20.9. The van der Waals surface area contributed by atoms with Crippen molar-refractivity contribution in [2.24, 2.45) is 0 Å². The van der Waals surface area contributed by atoms with Gasteiger partial charge in [-0.05, 0) is 58.0 Å². The summed E-state index contributed by atoms with van der Waals surface area (Å²) in [4.78, 5) is 28.4. The molecule has 2 saturated heterocycles. The molecule has 0 bridgehead atoms. The quantitative estimate of drug-likeness (QED) is 0.775. The number of aryl methyl sites for hydroxylation is 1. The lowest BCUT2D eigenvalue weighted by Gasteiger charge is -2.18. The Bertz CT molecular complexity index is 596. The molecule has 2 aliphatic rings. The topological polar surface area (TPSA) is 64.7 Å². The molecule has 1 atom stereocenters. The third-order valence-electron chi connectivity index (χ3n) is 4.94. The number of hydrogen-bond donors (Lipinski definition) is 2. The van der Waals surface area contributed by atoms with E-state index in [1.54, 1.807) is 4.90 Å². The maximum Gasteiger partial charge on any atom is 0.315 e. The molecule has 2 N–H and O–H groups in total. The molecule has 0 radical (unpaired) electrons. The Hall–Kier alpha value is -2.08. The van der Waals surface area contributed by atoms with Gasteiger partial charge in [0.1, 0.15) is 0 Å². The van der Waals surface area contributed by atoms with E-state index in [2.05, 4.69) is 15.5 Å². The van der Waals surface area contributed by atoms with E-state index >= 15 is 0 Å². The summed E-state index contributed by atoms with van der Waals surface area (Å²) < 4.78 is 0. The van der Waals surface area contributed by atoms with Crippen molar-refractivity contribution in [1.82, 2.24) is 15.5 Å². The van der Waals surface area contributed by atoms with Crippen molar-refractivity contribution in [2.75, 3.05) is 37.6 Å². The molecule has 1 aromatic rings. The number of rotatable bonds is 6. The molecule has 1 unspecified atom stereocenters. The first kappa shape index (κ1) is 17.7. The Morgan fingerprint density at radius 2 is 1.92 bits per heavy atom.